The molecule has 0 aromatic heterocycles. The Morgan fingerprint density at radius 3 is 1.78 bits per heavy atom. The van der Waals surface area contributed by atoms with Gasteiger partial charge in [-0.25, -0.2) is 4.99 Å². The highest BCUT2D eigenvalue weighted by molar-refractivity contribution is 6.30. The van der Waals surface area contributed by atoms with Gasteiger partial charge in [-0.05, 0) is 69.7 Å². The van der Waals surface area contributed by atoms with E-state index in [1.165, 1.54) is 19.3 Å². The standard InChI is InChI=1S/C20H19ClN2O.C6H12O.C5H12/c1-4-5-20(17-6-10-18(21)11-7-17)23-15(3)22-19-12-8-16(9-13-19)14(2)24;1-3-4-5-6(2)7;1-3-5-4-2/h4-13H,1H2,2-3H3,(H,22,23);3-5H2,1-2H3;3-5H2,1-2H3/b20-5-;;. The second-order valence-electron chi connectivity index (χ2n) is 8.41. The Hall–Kier alpha value is -2.98. The number of nitrogens with zero attached hydrogens (tertiary/aromatic N) is 1. The fourth-order valence-electron chi connectivity index (χ4n) is 2.92. The third kappa shape index (κ3) is 15.8. The highest BCUT2D eigenvalue weighted by Crippen LogP contribution is 2.20. The van der Waals surface area contributed by atoms with E-state index in [0.717, 1.165) is 42.0 Å². The zero-order valence-electron chi connectivity index (χ0n) is 22.9. The van der Waals surface area contributed by atoms with E-state index < -0.39 is 0 Å². The molecule has 0 saturated carbocycles. The van der Waals surface area contributed by atoms with Crippen molar-refractivity contribution < 1.29 is 9.59 Å². The van der Waals surface area contributed by atoms with Gasteiger partial charge in [0, 0.05) is 28.3 Å². The molecule has 0 aliphatic heterocycles. The van der Waals surface area contributed by atoms with Gasteiger partial charge < -0.3 is 10.1 Å². The Balaban J connectivity index is 0.000000847. The van der Waals surface area contributed by atoms with Crippen LogP contribution in [0.1, 0.15) is 96.0 Å². The lowest BCUT2D eigenvalue weighted by Crippen LogP contribution is -2.07. The van der Waals surface area contributed by atoms with Gasteiger partial charge in [0.05, 0.1) is 5.70 Å². The van der Waals surface area contributed by atoms with Crippen LogP contribution in [0.2, 0.25) is 5.02 Å². The first-order chi connectivity index (χ1) is 17.2. The number of halogens is 1. The molecule has 0 atom stereocenters. The summed E-state index contributed by atoms with van der Waals surface area (Å²) in [7, 11) is 0. The van der Waals surface area contributed by atoms with Crippen molar-refractivity contribution >= 4 is 40.4 Å². The maximum absolute atomic E-state index is 11.3. The van der Waals surface area contributed by atoms with E-state index >= 15 is 0 Å². The molecule has 4 nitrogen and oxygen atoms in total. The zero-order chi connectivity index (χ0) is 27.3. The van der Waals surface area contributed by atoms with Crippen LogP contribution in [0, 0.1) is 0 Å². The predicted octanol–water partition coefficient (Wildman–Crippen LogP) is 9.56. The fourth-order valence-corrected chi connectivity index (χ4v) is 3.04. The molecule has 0 amide bonds. The summed E-state index contributed by atoms with van der Waals surface area (Å²) in [5.41, 5.74) is 3.29. The van der Waals surface area contributed by atoms with Crippen LogP contribution in [0.4, 0.5) is 5.69 Å². The topological polar surface area (TPSA) is 58.5 Å². The molecule has 1 N–H and O–H groups in total. The molecular formula is C31H43ClN2O2. The number of anilines is 1. The van der Waals surface area contributed by atoms with Gasteiger partial charge >= 0.3 is 0 Å². The van der Waals surface area contributed by atoms with Crippen molar-refractivity contribution in [3.05, 3.63) is 83.4 Å². The summed E-state index contributed by atoms with van der Waals surface area (Å²) in [6, 6.07) is 14.8. The van der Waals surface area contributed by atoms with E-state index in [2.05, 4.69) is 37.7 Å². The van der Waals surface area contributed by atoms with Crippen molar-refractivity contribution in [1.29, 1.82) is 0 Å². The van der Waals surface area contributed by atoms with Crippen LogP contribution in [0.3, 0.4) is 0 Å². The molecular weight excluding hydrogens is 468 g/mol. The second kappa shape index (κ2) is 20.2. The van der Waals surface area contributed by atoms with Crippen LogP contribution < -0.4 is 5.32 Å². The van der Waals surface area contributed by atoms with Crippen LogP contribution in [0.5, 0.6) is 0 Å². The lowest BCUT2D eigenvalue weighted by Gasteiger charge is -2.08. The number of ketones is 2. The first-order valence-corrected chi connectivity index (χ1v) is 13.1. The van der Waals surface area contributed by atoms with Crippen molar-refractivity contribution in [2.75, 3.05) is 5.32 Å². The minimum atomic E-state index is 0.0471. The second-order valence-corrected chi connectivity index (χ2v) is 8.85. The Labute approximate surface area is 223 Å². The van der Waals surface area contributed by atoms with E-state index in [1.54, 1.807) is 32.1 Å². The van der Waals surface area contributed by atoms with Gasteiger partial charge in [0.1, 0.15) is 11.6 Å². The molecule has 5 heteroatoms. The SMILES string of the molecule is C=C/C=C(\N=C(C)Nc1ccc(C(C)=O)cc1)c1ccc(Cl)cc1.CCCCC.CCCCC(C)=O. The first kappa shape index (κ1) is 33.0. The van der Waals surface area contributed by atoms with Crippen molar-refractivity contribution in [3.63, 3.8) is 0 Å². The summed E-state index contributed by atoms with van der Waals surface area (Å²) in [6.07, 6.45) is 10.5. The molecule has 0 aliphatic rings. The monoisotopic (exact) mass is 510 g/mol. The van der Waals surface area contributed by atoms with Gasteiger partial charge in [-0.3, -0.25) is 4.79 Å². The summed E-state index contributed by atoms with van der Waals surface area (Å²) in [5, 5.41) is 3.90. The number of allylic oxidation sites excluding steroid dienone is 2. The van der Waals surface area contributed by atoms with Crippen molar-refractivity contribution in [1.82, 2.24) is 0 Å². The molecule has 0 fully saturated rings. The summed E-state index contributed by atoms with van der Waals surface area (Å²) in [4.78, 5) is 26.1. The quantitative estimate of drug-likeness (QED) is 0.150. The molecule has 0 spiro atoms. The Morgan fingerprint density at radius 1 is 0.861 bits per heavy atom. The number of benzene rings is 2. The number of carbonyl (C=O) groups is 2. The Morgan fingerprint density at radius 2 is 1.39 bits per heavy atom. The first-order valence-electron chi connectivity index (χ1n) is 12.7. The molecule has 36 heavy (non-hydrogen) atoms. The molecule has 0 unspecified atom stereocenters. The fraction of sp³-hybridized carbons (Fsp3) is 0.387. The summed E-state index contributed by atoms with van der Waals surface area (Å²) < 4.78 is 0. The van der Waals surface area contributed by atoms with Crippen LogP contribution in [-0.2, 0) is 4.79 Å². The third-order valence-corrected chi connectivity index (χ3v) is 5.16. The number of carbonyl (C=O) groups excluding carboxylic acids is 2. The molecule has 0 aliphatic carbocycles. The summed E-state index contributed by atoms with van der Waals surface area (Å²) in [5.74, 6) is 1.08. The number of amidine groups is 1. The van der Waals surface area contributed by atoms with E-state index in [9.17, 15) is 9.59 Å². The molecule has 2 rings (SSSR count). The van der Waals surface area contributed by atoms with Gasteiger partial charge in [0.2, 0.25) is 0 Å². The molecule has 0 radical (unpaired) electrons. The molecule has 196 valence electrons. The molecule has 2 aromatic carbocycles. The normalized spacial score (nSPS) is 10.9. The number of Topliss-reactive ketones (excluding diaryl/α,β-unsaturated/α-hetero) is 2. The third-order valence-electron chi connectivity index (χ3n) is 4.91. The van der Waals surface area contributed by atoms with E-state index in [4.69, 9.17) is 11.6 Å². The Kier molecular flexibility index (Phi) is 18.6. The number of aliphatic imine (C=N–C) groups is 1. The van der Waals surface area contributed by atoms with Crippen LogP contribution >= 0.6 is 11.6 Å². The average molecular weight is 511 g/mol. The van der Waals surface area contributed by atoms with E-state index in [-0.39, 0.29) is 5.78 Å². The Bertz CT molecular complexity index is 973. The van der Waals surface area contributed by atoms with E-state index in [0.29, 0.717) is 16.4 Å². The van der Waals surface area contributed by atoms with Crippen LogP contribution in [0.15, 0.2) is 72.3 Å². The summed E-state index contributed by atoms with van der Waals surface area (Å²) in [6.45, 7) is 15.3. The van der Waals surface area contributed by atoms with E-state index in [1.807, 2.05) is 49.4 Å². The van der Waals surface area contributed by atoms with Crippen molar-refractivity contribution in [3.8, 4) is 0 Å². The largest absolute Gasteiger partial charge is 0.344 e. The maximum Gasteiger partial charge on any atom is 0.159 e. The number of hydrogen-bond acceptors (Lipinski definition) is 3. The summed E-state index contributed by atoms with van der Waals surface area (Å²) >= 11 is 5.93. The number of hydrogen-bond donors (Lipinski definition) is 1. The molecule has 0 heterocycles. The average Bonchev–Trinajstić information content (AvgIpc) is 2.84. The molecule has 2 aromatic rings. The van der Waals surface area contributed by atoms with Gasteiger partial charge in [-0.1, -0.05) is 82.8 Å². The lowest BCUT2D eigenvalue weighted by atomic mass is 10.1. The molecule has 0 bridgehead atoms. The van der Waals surface area contributed by atoms with Gasteiger partial charge in [0.25, 0.3) is 0 Å². The van der Waals surface area contributed by atoms with Gasteiger partial charge in [-0.2, -0.15) is 0 Å². The minimum absolute atomic E-state index is 0.0471. The number of rotatable bonds is 10. The highest BCUT2D eigenvalue weighted by atomic mass is 35.5. The van der Waals surface area contributed by atoms with Crippen molar-refractivity contribution in [2.45, 2.75) is 80.1 Å². The number of nitrogens with one attached hydrogen (secondary N) is 1. The van der Waals surface area contributed by atoms with Gasteiger partial charge in [0.15, 0.2) is 5.78 Å². The molecule has 0 saturated heterocycles. The smallest absolute Gasteiger partial charge is 0.159 e. The lowest BCUT2D eigenvalue weighted by molar-refractivity contribution is -0.117. The van der Waals surface area contributed by atoms with Crippen molar-refractivity contribution in [2.24, 2.45) is 4.99 Å². The van der Waals surface area contributed by atoms with Gasteiger partial charge in [-0.15, -0.1) is 0 Å². The highest BCUT2D eigenvalue weighted by Gasteiger charge is 2.03. The number of unbranched alkanes of at least 4 members (excludes halogenated alkanes) is 3. The van der Waals surface area contributed by atoms with Crippen LogP contribution in [0.25, 0.3) is 5.70 Å². The minimum Gasteiger partial charge on any atom is -0.344 e. The van der Waals surface area contributed by atoms with Crippen LogP contribution in [-0.4, -0.2) is 17.4 Å². The maximum atomic E-state index is 11.3. The zero-order valence-corrected chi connectivity index (χ0v) is 23.6. The predicted molar refractivity (Wildman–Crippen MR) is 158 cm³/mol.